The highest BCUT2D eigenvalue weighted by Gasteiger charge is 2.52. The number of allylic oxidation sites excluding steroid dienone is 3. The lowest BCUT2D eigenvalue weighted by atomic mass is 9.75. The van der Waals surface area contributed by atoms with Crippen LogP contribution in [0.25, 0.3) is 0 Å². The molecule has 6 aliphatic rings. The number of fused-ring (bicyclic) bond motifs is 2. The van der Waals surface area contributed by atoms with Crippen molar-refractivity contribution in [3.63, 3.8) is 0 Å². The number of thioether (sulfide) groups is 1. The smallest absolute Gasteiger partial charge is 0.411 e. The van der Waals surface area contributed by atoms with Crippen LogP contribution in [0.1, 0.15) is 117 Å². The van der Waals surface area contributed by atoms with E-state index in [2.05, 4.69) is 61.1 Å². The van der Waals surface area contributed by atoms with Crippen LogP contribution in [-0.2, 0) is 66.6 Å². The molecule has 0 aromatic heterocycles. The molecular formula is C72H105IN8O25S3. The number of aliphatic hydroxyl groups is 5. The topological polar surface area (TPSA) is 451 Å². The van der Waals surface area contributed by atoms with Crippen LogP contribution < -0.4 is 57.3 Å². The number of halogens is 1. The summed E-state index contributed by atoms with van der Waals surface area (Å²) in [4.78, 5) is 99.1. The SMILES string of the molecule is CCN[C@H]1CO[C@@H](O[C@H]2[C@H](O[C@H]3C#CC=CC#C[C@]4(O)CC(=O)C(NC(=O)OC)=C3/C4=C\CSSC(C)(C)CCNC(=O)[C@H](CCCNC(N)=O)NC(=O)[C@@H](NC(C)=O)C(C)C)O[C@H](C)[C@@H](NO[C@H]3C[C@H](O)[C@H](SC(=O)c4c(C)c(I)c(O[C@@H]5O[C@@H](C)[C@H](O)[C@@H](OC)[C@H]5O)c(OC)c4OC)[C@@H](C)O3)[C@@H]2O)C[C@@H]1OC. The van der Waals surface area contributed by atoms with Crippen LogP contribution in [0.5, 0.6) is 17.2 Å². The number of carbonyl (C=O) groups is 7. The summed E-state index contributed by atoms with van der Waals surface area (Å²) < 4.78 is 72.6. The number of ketones is 1. The zero-order valence-electron chi connectivity index (χ0n) is 63.7. The second-order valence-electron chi connectivity index (χ2n) is 27.6. The van der Waals surface area contributed by atoms with Gasteiger partial charge in [0.15, 0.2) is 41.8 Å². The third kappa shape index (κ3) is 23.8. The molecule has 1 aromatic rings. The van der Waals surface area contributed by atoms with Gasteiger partial charge in [-0.25, -0.2) is 9.59 Å². The third-order valence-electron chi connectivity index (χ3n) is 18.9. The molecular weight excluding hydrogens is 1600 g/mol. The van der Waals surface area contributed by atoms with E-state index in [0.29, 0.717) is 28.5 Å². The highest BCUT2D eigenvalue weighted by atomic mass is 127. The second-order valence-corrected chi connectivity index (χ2v) is 32.9. The van der Waals surface area contributed by atoms with Gasteiger partial charge < -0.3 is 115 Å². The monoisotopic (exact) mass is 1700 g/mol. The number of hydrogen-bond donors (Lipinski definition) is 13. The maximum atomic E-state index is 14.6. The molecule has 6 amide bonds. The van der Waals surface area contributed by atoms with Crippen LogP contribution in [0, 0.1) is 40.1 Å². The van der Waals surface area contributed by atoms with Crippen LogP contribution in [0.2, 0.25) is 0 Å². The standard InChI is InChI=1S/C72H105IN8O25S3/c1-16-75-42-33-99-47(31-46(42)94-11)104-61-56(86)53(81-106-48-30-43(83)63(38(7)100-48)108-66(90)49-35(4)51(73)59(62(97-14)58(49)95-12)105-67-57(87)60(96-13)55(85)37(6)102-67)36(5)101-68(61)103-45-23-19-17-18-20-25-72(93)32-44(84)54(80-70(92)98-15)50(45)40(72)24-29-107-109-71(9,10)26-28-76-64(88)41(22-21-27-77-69(74)91)79-65(89)52(34(2)3)78-39(8)82/h17-18,24,34,36-38,41-43,45-48,52-53,55-57,60-61,63,67-68,75,81,83,85-87,93H,16,21-22,26-33H2,1-15H3,(H,76,88)(H,78,82)(H,79,89)(H,80,92)(H3,74,77,91)/b18-17?,40-24+/t36-,37+,38-,41+,42+,43+,45+,46+,47+,48+,52+,53-,55+,56+,57-,60-,61-,63-,67+,68+,72+/m1/s1. The molecule has 4 heterocycles. The molecule has 0 saturated carbocycles. The quantitative estimate of drug-likeness (QED) is 0.0155. The molecule has 109 heavy (non-hydrogen) atoms. The van der Waals surface area contributed by atoms with Gasteiger partial charge >= 0.3 is 12.1 Å². The average Bonchev–Trinajstić information content (AvgIpc) is 0.754. The fourth-order valence-corrected chi connectivity index (χ4v) is 17.3. The number of primary amides is 1. The number of Topliss-reactive ketones (excluding diaryl/α,β-unsaturated/α-hetero) is 1. The van der Waals surface area contributed by atoms with Crippen LogP contribution in [0.4, 0.5) is 9.59 Å². The normalized spacial score (nSPS) is 30.7. The second kappa shape index (κ2) is 42.0. The molecule has 21 atom stereocenters. The molecule has 0 radical (unpaired) electrons. The molecule has 2 bridgehead atoms. The Morgan fingerprint density at radius 2 is 1.55 bits per heavy atom. The zero-order valence-corrected chi connectivity index (χ0v) is 68.3. The molecule has 7 rings (SSSR count). The first-order valence-electron chi connectivity index (χ1n) is 35.7. The van der Waals surface area contributed by atoms with Crippen LogP contribution in [-0.4, -0.2) is 266 Å². The minimum absolute atomic E-state index is 0.00101. The number of hydrogen-bond acceptors (Lipinski definition) is 30. The summed E-state index contributed by atoms with van der Waals surface area (Å²) in [5, 5.41) is 74.3. The molecule has 0 unspecified atom stereocenters. The Kier molecular flexibility index (Phi) is 34.9. The Bertz CT molecular complexity index is 3580. The van der Waals surface area contributed by atoms with Crippen molar-refractivity contribution in [2.45, 2.75) is 240 Å². The number of carbonyl (C=O) groups excluding carboxylic acids is 7. The minimum atomic E-state index is -2.22. The number of alkyl carbamates (subject to hydrolysis) is 1. The first kappa shape index (κ1) is 90.6. The van der Waals surface area contributed by atoms with Crippen molar-refractivity contribution in [3.8, 4) is 40.9 Å². The van der Waals surface area contributed by atoms with Crippen molar-refractivity contribution in [1.82, 2.24) is 37.4 Å². The largest absolute Gasteiger partial charge is 0.492 e. The molecule has 4 fully saturated rings. The summed E-state index contributed by atoms with van der Waals surface area (Å²) in [5.74, 6) is 9.21. The summed E-state index contributed by atoms with van der Waals surface area (Å²) in [5.41, 5.74) is 6.01. The number of benzene rings is 1. The van der Waals surface area contributed by atoms with Gasteiger partial charge in [-0.15, -0.1) is 0 Å². The number of nitrogens with one attached hydrogen (secondary N) is 7. The van der Waals surface area contributed by atoms with E-state index in [9.17, 15) is 59.1 Å². The molecule has 0 spiro atoms. The van der Waals surface area contributed by atoms with Crippen LogP contribution >= 0.6 is 55.9 Å². The maximum absolute atomic E-state index is 14.6. The zero-order chi connectivity index (χ0) is 80.4. The lowest BCUT2D eigenvalue weighted by molar-refractivity contribution is -0.336. The minimum Gasteiger partial charge on any atom is -0.492 e. The van der Waals surface area contributed by atoms with Gasteiger partial charge in [0.25, 0.3) is 0 Å². The lowest BCUT2D eigenvalue weighted by Gasteiger charge is -2.46. The number of hydroxylamine groups is 1. The van der Waals surface area contributed by atoms with Crippen molar-refractivity contribution in [2.24, 2.45) is 11.7 Å². The van der Waals surface area contributed by atoms with Gasteiger partial charge in [0.05, 0.1) is 97.0 Å². The molecule has 4 saturated heterocycles. The van der Waals surface area contributed by atoms with Crippen molar-refractivity contribution in [2.75, 3.05) is 67.5 Å². The van der Waals surface area contributed by atoms with Crippen LogP contribution in [0.3, 0.4) is 0 Å². The van der Waals surface area contributed by atoms with Gasteiger partial charge in [0, 0.05) is 68.7 Å². The van der Waals surface area contributed by atoms with Crippen molar-refractivity contribution >= 4 is 96.7 Å². The number of methoxy groups -OCH3 is 5. The molecule has 37 heteroatoms. The summed E-state index contributed by atoms with van der Waals surface area (Å²) >= 11 is 2.79. The fourth-order valence-electron chi connectivity index (χ4n) is 13.1. The average molecular weight is 1710 g/mol. The Balaban J connectivity index is 1.11. The summed E-state index contributed by atoms with van der Waals surface area (Å²) in [6, 6.07) is -4.09. The number of rotatable bonds is 34. The highest BCUT2D eigenvalue weighted by molar-refractivity contribution is 14.1. The van der Waals surface area contributed by atoms with Gasteiger partial charge in [-0.1, -0.05) is 83.9 Å². The van der Waals surface area contributed by atoms with E-state index < -0.39 is 173 Å². The van der Waals surface area contributed by atoms with E-state index in [0.717, 1.165) is 18.9 Å². The Hall–Kier alpha value is -5.61. The number of likely N-dealkylation sites (N-methyl/N-ethyl adjacent to an activating group) is 1. The fraction of sp³-hybridized carbons (Fsp3) is 0.681. The van der Waals surface area contributed by atoms with Gasteiger partial charge in [0.1, 0.15) is 48.7 Å². The summed E-state index contributed by atoms with van der Waals surface area (Å²) in [6.07, 6.45) is -14.3. The lowest BCUT2D eigenvalue weighted by Crippen LogP contribution is -2.65. The van der Waals surface area contributed by atoms with E-state index in [1.54, 1.807) is 54.7 Å². The van der Waals surface area contributed by atoms with Crippen molar-refractivity contribution in [1.29, 1.82) is 0 Å². The number of ether oxygens (including phenoxy) is 12. The predicted molar refractivity (Wildman–Crippen MR) is 409 cm³/mol. The Labute approximate surface area is 660 Å². The van der Waals surface area contributed by atoms with E-state index in [1.165, 1.54) is 62.0 Å². The van der Waals surface area contributed by atoms with Gasteiger partial charge in [0.2, 0.25) is 34.9 Å². The number of urea groups is 1. The Morgan fingerprint density at radius 3 is 2.19 bits per heavy atom. The van der Waals surface area contributed by atoms with Crippen molar-refractivity contribution < 1.29 is 121 Å². The predicted octanol–water partition coefficient (Wildman–Crippen LogP) is 2.30. The highest BCUT2D eigenvalue weighted by Crippen LogP contribution is 2.49. The molecule has 33 nitrogen and oxygen atoms in total. The van der Waals surface area contributed by atoms with E-state index in [-0.39, 0.29) is 96.3 Å². The third-order valence-corrected chi connectivity index (χ3v) is 24.7. The molecule has 1 aromatic carbocycles. The molecule has 2 aliphatic carbocycles. The van der Waals surface area contributed by atoms with E-state index in [4.69, 9.17) is 67.4 Å². The number of nitrogens with two attached hydrogens (primary N) is 1. The van der Waals surface area contributed by atoms with Crippen molar-refractivity contribution in [3.05, 3.63) is 49.8 Å². The first-order valence-corrected chi connectivity index (χ1v) is 40.0. The van der Waals surface area contributed by atoms with Crippen LogP contribution in [0.15, 0.2) is 35.1 Å². The molecule has 4 aliphatic heterocycles. The van der Waals surface area contributed by atoms with E-state index >= 15 is 0 Å². The summed E-state index contributed by atoms with van der Waals surface area (Å²) in [7, 11) is 9.48. The molecule has 14 N–H and O–H groups in total. The van der Waals surface area contributed by atoms with E-state index in [1.807, 2.05) is 43.4 Å². The van der Waals surface area contributed by atoms with Gasteiger partial charge in [-0.05, 0) is 114 Å². The first-order chi connectivity index (χ1) is 51.7. The van der Waals surface area contributed by atoms with Gasteiger partial charge in [-0.2, -0.15) is 5.48 Å². The maximum Gasteiger partial charge on any atom is 0.411 e. The van der Waals surface area contributed by atoms with Gasteiger partial charge in [-0.3, -0.25) is 34.1 Å². The number of aliphatic hydroxyl groups excluding tert-OH is 4. The number of amides is 6. The molecule has 608 valence electrons. The Morgan fingerprint density at radius 1 is 0.844 bits per heavy atom. The summed E-state index contributed by atoms with van der Waals surface area (Å²) in [6.45, 7) is 18.2.